The van der Waals surface area contributed by atoms with Gasteiger partial charge >= 0.3 is 5.97 Å². The van der Waals surface area contributed by atoms with E-state index in [1.165, 1.54) is 12.5 Å². The summed E-state index contributed by atoms with van der Waals surface area (Å²) in [6.45, 7) is 7.83. The number of anilines is 1. The van der Waals surface area contributed by atoms with Gasteiger partial charge in [-0.25, -0.2) is 4.39 Å². The lowest BCUT2D eigenvalue weighted by atomic mass is 9.45. The second kappa shape index (κ2) is 14.7. The Hall–Kier alpha value is -3.80. The van der Waals surface area contributed by atoms with E-state index in [9.17, 15) is 24.0 Å². The van der Waals surface area contributed by atoms with E-state index in [2.05, 4.69) is 29.8 Å². The van der Waals surface area contributed by atoms with Gasteiger partial charge in [0.15, 0.2) is 0 Å². The number of carbonyl (C=O) groups excluding carboxylic acids is 4. The first-order valence-corrected chi connectivity index (χ1v) is 20.6. The number of amides is 2. The maximum Gasteiger partial charge on any atom is 0.306 e. The van der Waals surface area contributed by atoms with E-state index in [-0.39, 0.29) is 71.7 Å². The lowest BCUT2D eigenvalue weighted by molar-refractivity contribution is -0.164. The van der Waals surface area contributed by atoms with Crippen molar-refractivity contribution in [3.05, 3.63) is 39.9 Å². The van der Waals surface area contributed by atoms with Crippen LogP contribution in [-0.4, -0.2) is 73.5 Å². The minimum atomic E-state index is -0.575. The predicted molar refractivity (Wildman–Crippen MR) is 203 cm³/mol. The van der Waals surface area contributed by atoms with Crippen molar-refractivity contribution in [3.8, 4) is 0 Å². The van der Waals surface area contributed by atoms with Crippen LogP contribution < -0.4 is 26.3 Å². The Morgan fingerprint density at radius 2 is 1.67 bits per heavy atom. The number of benzene rings is 1. The van der Waals surface area contributed by atoms with Gasteiger partial charge in [-0.15, -0.1) is 0 Å². The Morgan fingerprint density at radius 3 is 2.44 bits per heavy atom. The number of ketones is 1. The zero-order valence-electron chi connectivity index (χ0n) is 31.9. The highest BCUT2D eigenvalue weighted by Gasteiger charge is 2.61. The SMILES string of the molecule is C[C@]12CCC(=O)CC1CC[C@@H]1[C@@H]2CC[C@]2(C)C(OC(=O)CCC(=O)NCCNC(=O)c3cn(C4CC4)c4cc(N5CCNCC5)c(F)cc4c3=O)CC[C@@H]12. The fraction of sp³-hybridized carbons (Fsp3) is 0.690. The Kier molecular flexibility index (Phi) is 10.1. The van der Waals surface area contributed by atoms with Gasteiger partial charge in [0.1, 0.15) is 23.3 Å². The lowest BCUT2D eigenvalue weighted by Crippen LogP contribution is -2.54. The predicted octanol–water partition coefficient (Wildman–Crippen LogP) is 5.03. The molecule has 0 spiro atoms. The Balaban J connectivity index is 0.810. The number of halogens is 1. The number of ether oxygens (including phenoxy) is 1. The highest BCUT2D eigenvalue weighted by molar-refractivity contribution is 5.98. The third-order valence-corrected chi connectivity index (χ3v) is 14.7. The number of carbonyl (C=O) groups is 4. The molecule has 2 amide bonds. The van der Waals surface area contributed by atoms with Gasteiger partial charge in [0.05, 0.1) is 17.6 Å². The molecular formula is C42H56FN5O6. The average Bonchev–Trinajstić information content (AvgIpc) is 3.95. The standard InChI is InChI=1S/C42H56FN5O6/c1-41-13-11-27(49)21-25(41)3-6-28-31-7-8-36(42(31,2)14-12-32(28)41)54-38(51)10-9-37(50)45-15-16-46-40(53)30-24-48(26-4-5-26)34-23-35(47-19-17-44-18-20-47)33(43)22-29(34)39(30)52/h22-26,28,31-32,36,44H,3-21H2,1-2H3,(H,45,50)(H,46,53)/t25?,28-,31-,32-,36?,41-,42-/m0/s1. The van der Waals surface area contributed by atoms with Crippen LogP contribution in [-0.2, 0) is 19.1 Å². The summed E-state index contributed by atoms with van der Waals surface area (Å²) >= 11 is 0. The normalized spacial score (nSPS) is 32.0. The molecule has 2 heterocycles. The Labute approximate surface area is 316 Å². The molecule has 5 aliphatic carbocycles. The van der Waals surface area contributed by atoms with Crippen LogP contribution in [0, 0.1) is 40.3 Å². The molecule has 7 atom stereocenters. The van der Waals surface area contributed by atoms with E-state index < -0.39 is 17.2 Å². The van der Waals surface area contributed by atoms with E-state index >= 15 is 4.39 Å². The zero-order chi connectivity index (χ0) is 37.8. The topological polar surface area (TPSA) is 139 Å². The third kappa shape index (κ3) is 6.85. The summed E-state index contributed by atoms with van der Waals surface area (Å²) in [4.78, 5) is 66.6. The summed E-state index contributed by atoms with van der Waals surface area (Å²) in [5.74, 6) is 1.00. The molecule has 2 unspecified atom stereocenters. The monoisotopic (exact) mass is 745 g/mol. The van der Waals surface area contributed by atoms with Gasteiger partial charge in [-0.05, 0) is 99.0 Å². The lowest BCUT2D eigenvalue weighted by Gasteiger charge is -2.60. The number of piperazine rings is 1. The van der Waals surface area contributed by atoms with Crippen molar-refractivity contribution in [2.75, 3.05) is 44.2 Å². The second-order valence-corrected chi connectivity index (χ2v) is 17.7. The number of hydrogen-bond donors (Lipinski definition) is 3. The number of fused-ring (bicyclic) bond motifs is 6. The zero-order valence-corrected chi connectivity index (χ0v) is 31.9. The minimum Gasteiger partial charge on any atom is -0.462 e. The molecule has 292 valence electrons. The van der Waals surface area contributed by atoms with Crippen LogP contribution in [0.1, 0.15) is 114 Å². The van der Waals surface area contributed by atoms with Crippen molar-refractivity contribution in [2.45, 2.75) is 109 Å². The summed E-state index contributed by atoms with van der Waals surface area (Å²) in [5.41, 5.74) is 0.709. The molecule has 11 nitrogen and oxygen atoms in total. The fourth-order valence-corrected chi connectivity index (χ4v) is 11.5. The molecule has 0 bridgehead atoms. The van der Waals surface area contributed by atoms with Gasteiger partial charge in [0, 0.05) is 81.6 Å². The van der Waals surface area contributed by atoms with Gasteiger partial charge in [0.2, 0.25) is 11.3 Å². The van der Waals surface area contributed by atoms with E-state index in [1.54, 1.807) is 12.3 Å². The molecule has 5 saturated carbocycles. The van der Waals surface area contributed by atoms with E-state index in [1.807, 2.05) is 9.47 Å². The number of esters is 1. The molecule has 12 heteroatoms. The van der Waals surface area contributed by atoms with Crippen molar-refractivity contribution >= 4 is 40.2 Å². The first-order valence-electron chi connectivity index (χ1n) is 20.6. The van der Waals surface area contributed by atoms with Crippen LogP contribution >= 0.6 is 0 Å². The van der Waals surface area contributed by atoms with E-state index in [4.69, 9.17) is 4.74 Å². The van der Waals surface area contributed by atoms with Crippen LogP contribution in [0.3, 0.4) is 0 Å². The maximum absolute atomic E-state index is 15.3. The first-order chi connectivity index (χ1) is 26.0. The van der Waals surface area contributed by atoms with E-state index in [0.717, 1.165) is 77.3 Å². The Bertz CT molecular complexity index is 1890. The van der Waals surface area contributed by atoms with Crippen LogP contribution in [0.4, 0.5) is 10.1 Å². The summed E-state index contributed by atoms with van der Waals surface area (Å²) < 4.78 is 23.4. The third-order valence-electron chi connectivity index (χ3n) is 14.7. The molecule has 1 saturated heterocycles. The highest BCUT2D eigenvalue weighted by Crippen LogP contribution is 2.66. The van der Waals surface area contributed by atoms with Crippen LogP contribution in [0.15, 0.2) is 23.1 Å². The Morgan fingerprint density at radius 1 is 0.907 bits per heavy atom. The quantitative estimate of drug-likeness (QED) is 0.228. The molecule has 6 aliphatic rings. The number of aromatic nitrogens is 1. The van der Waals surface area contributed by atoms with Crippen LogP contribution in [0.5, 0.6) is 0 Å². The second-order valence-electron chi connectivity index (χ2n) is 17.7. The average molecular weight is 746 g/mol. The largest absolute Gasteiger partial charge is 0.462 e. The highest BCUT2D eigenvalue weighted by atomic mass is 19.1. The molecular weight excluding hydrogens is 689 g/mol. The van der Waals surface area contributed by atoms with Crippen molar-refractivity contribution in [2.24, 2.45) is 34.5 Å². The van der Waals surface area contributed by atoms with Crippen molar-refractivity contribution in [3.63, 3.8) is 0 Å². The molecule has 1 aliphatic heterocycles. The maximum atomic E-state index is 15.3. The minimum absolute atomic E-state index is 0.0128. The molecule has 2 aromatic rings. The van der Waals surface area contributed by atoms with Crippen LogP contribution in [0.2, 0.25) is 0 Å². The molecule has 8 rings (SSSR count). The number of nitrogens with one attached hydrogen (secondary N) is 3. The number of hydrogen-bond acceptors (Lipinski definition) is 8. The van der Waals surface area contributed by atoms with Gasteiger partial charge in [-0.2, -0.15) is 0 Å². The summed E-state index contributed by atoms with van der Waals surface area (Å²) in [7, 11) is 0. The van der Waals surface area contributed by atoms with Crippen LogP contribution in [0.25, 0.3) is 10.9 Å². The number of rotatable bonds is 10. The number of pyridine rings is 1. The smallest absolute Gasteiger partial charge is 0.306 e. The van der Waals surface area contributed by atoms with Crippen molar-refractivity contribution in [1.82, 2.24) is 20.5 Å². The number of Topliss-reactive ketones (excluding diaryl/α,β-unsaturated/α-hetero) is 1. The van der Waals surface area contributed by atoms with Gasteiger partial charge in [0.25, 0.3) is 5.91 Å². The fourth-order valence-electron chi connectivity index (χ4n) is 11.5. The molecule has 3 N–H and O–H groups in total. The van der Waals surface area contributed by atoms with E-state index in [0.29, 0.717) is 53.7 Å². The van der Waals surface area contributed by atoms with Crippen molar-refractivity contribution in [1.29, 1.82) is 0 Å². The molecule has 1 aromatic carbocycles. The molecule has 1 aromatic heterocycles. The van der Waals surface area contributed by atoms with Gasteiger partial charge < -0.3 is 30.2 Å². The first kappa shape index (κ1) is 37.1. The molecule has 54 heavy (non-hydrogen) atoms. The summed E-state index contributed by atoms with van der Waals surface area (Å²) in [5, 5.41) is 8.93. The molecule has 6 fully saturated rings. The number of nitrogens with zero attached hydrogens (tertiary/aromatic N) is 2. The molecule has 0 radical (unpaired) electrons. The van der Waals surface area contributed by atoms with Crippen molar-refractivity contribution < 1.29 is 28.3 Å². The van der Waals surface area contributed by atoms with Gasteiger partial charge in [-0.1, -0.05) is 13.8 Å². The summed E-state index contributed by atoms with van der Waals surface area (Å²) in [6, 6.07) is 3.16. The van der Waals surface area contributed by atoms with Gasteiger partial charge in [-0.3, -0.25) is 24.0 Å². The summed E-state index contributed by atoms with van der Waals surface area (Å²) in [6.07, 6.45) is 12.1.